The van der Waals surface area contributed by atoms with Crippen LogP contribution in [0.15, 0.2) is 72.9 Å². The Morgan fingerprint density at radius 2 is 1.78 bits per heavy atom. The summed E-state index contributed by atoms with van der Waals surface area (Å²) in [7, 11) is 0. The molecule has 0 aliphatic carbocycles. The summed E-state index contributed by atoms with van der Waals surface area (Å²) in [4.78, 5) is 18.4. The van der Waals surface area contributed by atoms with Gasteiger partial charge in [0, 0.05) is 22.2 Å². The number of amides is 1. The Balaban J connectivity index is 1.79. The third kappa shape index (κ3) is 4.70. The van der Waals surface area contributed by atoms with Gasteiger partial charge < -0.3 is 10.6 Å². The maximum absolute atomic E-state index is 14.2. The van der Waals surface area contributed by atoms with Gasteiger partial charge in [0.1, 0.15) is 16.6 Å². The second-order valence-corrected chi connectivity index (χ2v) is 8.92. The summed E-state index contributed by atoms with van der Waals surface area (Å²) in [6.45, 7) is 6.04. The molecule has 4 nitrogen and oxygen atoms in total. The highest BCUT2D eigenvalue weighted by atomic mass is 32.1. The number of aromatic nitrogens is 1. The SMILES string of the molecule is Cc1ccnc(NC(c2cccc(F)c2)c2c(NC(=O)c3ccccc3)sc(C)c2C)c1. The van der Waals surface area contributed by atoms with Gasteiger partial charge in [0.25, 0.3) is 5.91 Å². The third-order valence-corrected chi connectivity index (χ3v) is 6.51. The molecule has 0 aliphatic rings. The largest absolute Gasteiger partial charge is 0.359 e. The number of nitrogens with zero attached hydrogens (tertiary/aromatic N) is 1. The van der Waals surface area contributed by atoms with Crippen molar-refractivity contribution in [3.63, 3.8) is 0 Å². The lowest BCUT2D eigenvalue weighted by Crippen LogP contribution is -2.18. The number of hydrogen-bond donors (Lipinski definition) is 2. The molecular weight excluding hydrogens is 421 g/mol. The van der Waals surface area contributed by atoms with Crippen LogP contribution in [0.3, 0.4) is 0 Å². The summed E-state index contributed by atoms with van der Waals surface area (Å²) in [6, 6.07) is 19.1. The van der Waals surface area contributed by atoms with Gasteiger partial charge in [0.05, 0.1) is 6.04 Å². The van der Waals surface area contributed by atoms with E-state index < -0.39 is 6.04 Å². The monoisotopic (exact) mass is 445 g/mol. The van der Waals surface area contributed by atoms with Gasteiger partial charge in [-0.15, -0.1) is 11.3 Å². The fourth-order valence-corrected chi connectivity index (χ4v) is 4.71. The van der Waals surface area contributed by atoms with Crippen LogP contribution in [0.5, 0.6) is 0 Å². The highest BCUT2D eigenvalue weighted by molar-refractivity contribution is 7.16. The first-order valence-corrected chi connectivity index (χ1v) is 11.1. The van der Waals surface area contributed by atoms with Gasteiger partial charge in [0.15, 0.2) is 0 Å². The lowest BCUT2D eigenvalue weighted by Gasteiger charge is -2.22. The highest BCUT2D eigenvalue weighted by Crippen LogP contribution is 2.41. The standard InChI is InChI=1S/C26H24FN3OS/c1-16-12-13-28-22(14-16)29-24(20-10-7-11-21(27)15-20)23-17(2)18(3)32-26(23)30-25(31)19-8-5-4-6-9-19/h4-15,24H,1-3H3,(H,28,29)(H,30,31). The van der Waals surface area contributed by atoms with Crippen molar-refractivity contribution in [3.8, 4) is 0 Å². The molecule has 0 bridgehead atoms. The van der Waals surface area contributed by atoms with Crippen molar-refractivity contribution in [1.29, 1.82) is 0 Å². The molecule has 4 rings (SSSR count). The quantitative estimate of drug-likeness (QED) is 0.349. The molecule has 2 heterocycles. The molecule has 0 saturated heterocycles. The van der Waals surface area contributed by atoms with Crippen LogP contribution < -0.4 is 10.6 Å². The van der Waals surface area contributed by atoms with Gasteiger partial charge >= 0.3 is 0 Å². The maximum atomic E-state index is 14.2. The molecule has 0 fully saturated rings. The van der Waals surface area contributed by atoms with E-state index in [1.54, 1.807) is 24.4 Å². The summed E-state index contributed by atoms with van der Waals surface area (Å²) >= 11 is 1.52. The summed E-state index contributed by atoms with van der Waals surface area (Å²) < 4.78 is 14.2. The van der Waals surface area contributed by atoms with E-state index >= 15 is 0 Å². The van der Waals surface area contributed by atoms with E-state index in [0.717, 1.165) is 32.1 Å². The molecule has 0 radical (unpaired) electrons. The molecule has 1 unspecified atom stereocenters. The lowest BCUT2D eigenvalue weighted by atomic mass is 9.96. The number of thiophene rings is 1. The van der Waals surface area contributed by atoms with Crippen LogP contribution in [0.25, 0.3) is 0 Å². The summed E-state index contributed by atoms with van der Waals surface area (Å²) in [5, 5.41) is 7.28. The lowest BCUT2D eigenvalue weighted by molar-refractivity contribution is 0.102. The number of rotatable bonds is 6. The molecule has 2 aromatic heterocycles. The zero-order valence-electron chi connectivity index (χ0n) is 18.1. The van der Waals surface area contributed by atoms with E-state index in [0.29, 0.717) is 11.4 Å². The molecular formula is C26H24FN3OS. The highest BCUT2D eigenvalue weighted by Gasteiger charge is 2.25. The zero-order chi connectivity index (χ0) is 22.7. The smallest absolute Gasteiger partial charge is 0.256 e. The van der Waals surface area contributed by atoms with Crippen LogP contribution in [0.2, 0.25) is 0 Å². The van der Waals surface area contributed by atoms with Crippen LogP contribution in [0.4, 0.5) is 15.2 Å². The van der Waals surface area contributed by atoms with E-state index in [2.05, 4.69) is 15.6 Å². The molecule has 1 amide bonds. The summed E-state index contributed by atoms with van der Waals surface area (Å²) in [5.74, 6) is 0.189. The fraction of sp³-hybridized carbons (Fsp3) is 0.154. The van der Waals surface area contributed by atoms with Gasteiger partial charge in [-0.25, -0.2) is 9.37 Å². The van der Waals surface area contributed by atoms with Gasteiger partial charge in [-0.05, 0) is 73.9 Å². The van der Waals surface area contributed by atoms with Gasteiger partial charge in [-0.2, -0.15) is 0 Å². The number of anilines is 2. The molecule has 0 aliphatic heterocycles. The van der Waals surface area contributed by atoms with Crippen LogP contribution in [-0.2, 0) is 0 Å². The fourth-order valence-electron chi connectivity index (χ4n) is 3.62. The second-order valence-electron chi connectivity index (χ2n) is 7.70. The minimum atomic E-state index is -0.393. The topological polar surface area (TPSA) is 54.0 Å². The number of carbonyl (C=O) groups excluding carboxylic acids is 1. The summed E-state index contributed by atoms with van der Waals surface area (Å²) in [5.41, 5.74) is 4.36. The normalized spacial score (nSPS) is 11.8. The number of aryl methyl sites for hydroxylation is 2. The van der Waals surface area contributed by atoms with Crippen LogP contribution in [-0.4, -0.2) is 10.9 Å². The predicted molar refractivity (Wildman–Crippen MR) is 129 cm³/mol. The Morgan fingerprint density at radius 1 is 1.00 bits per heavy atom. The first-order valence-electron chi connectivity index (χ1n) is 10.3. The first-order chi connectivity index (χ1) is 15.4. The number of nitrogens with one attached hydrogen (secondary N) is 2. The van der Waals surface area contributed by atoms with E-state index in [9.17, 15) is 9.18 Å². The Bertz CT molecular complexity index is 1250. The molecule has 0 spiro atoms. The Hall–Kier alpha value is -3.51. The van der Waals surface area contributed by atoms with E-state index in [4.69, 9.17) is 0 Å². The van der Waals surface area contributed by atoms with Crippen molar-refractivity contribution in [2.75, 3.05) is 10.6 Å². The maximum Gasteiger partial charge on any atom is 0.256 e. The number of hydrogen-bond acceptors (Lipinski definition) is 4. The Morgan fingerprint density at radius 3 is 2.50 bits per heavy atom. The number of benzene rings is 2. The molecule has 162 valence electrons. The van der Waals surface area contributed by atoms with Crippen molar-refractivity contribution in [3.05, 3.63) is 111 Å². The average molecular weight is 446 g/mol. The number of pyridine rings is 1. The van der Waals surface area contributed by atoms with Crippen molar-refractivity contribution in [2.24, 2.45) is 0 Å². The van der Waals surface area contributed by atoms with Crippen LogP contribution in [0.1, 0.15) is 43.5 Å². The average Bonchev–Trinajstić information content (AvgIpc) is 3.05. The molecule has 2 aromatic carbocycles. The molecule has 4 aromatic rings. The predicted octanol–water partition coefficient (Wildman–Crippen LogP) is 6.66. The van der Waals surface area contributed by atoms with Crippen LogP contribution in [0, 0.1) is 26.6 Å². The molecule has 6 heteroatoms. The number of halogens is 1. The minimum Gasteiger partial charge on any atom is -0.359 e. The van der Waals surface area contributed by atoms with Crippen molar-refractivity contribution in [1.82, 2.24) is 4.98 Å². The van der Waals surface area contributed by atoms with Gasteiger partial charge in [-0.3, -0.25) is 4.79 Å². The molecule has 2 N–H and O–H groups in total. The zero-order valence-corrected chi connectivity index (χ0v) is 19.0. The van der Waals surface area contributed by atoms with E-state index in [1.165, 1.54) is 23.5 Å². The van der Waals surface area contributed by atoms with Gasteiger partial charge in [-0.1, -0.05) is 30.3 Å². The first kappa shape index (κ1) is 21.7. The van der Waals surface area contributed by atoms with Gasteiger partial charge in [0.2, 0.25) is 0 Å². The minimum absolute atomic E-state index is 0.181. The molecule has 1 atom stereocenters. The van der Waals surface area contributed by atoms with Crippen LogP contribution >= 0.6 is 11.3 Å². The van der Waals surface area contributed by atoms with Crippen molar-refractivity contribution < 1.29 is 9.18 Å². The second kappa shape index (κ2) is 9.32. The van der Waals surface area contributed by atoms with E-state index in [1.807, 2.05) is 57.2 Å². The van der Waals surface area contributed by atoms with Crippen molar-refractivity contribution in [2.45, 2.75) is 26.8 Å². The Kier molecular flexibility index (Phi) is 6.32. The third-order valence-electron chi connectivity index (χ3n) is 5.37. The number of carbonyl (C=O) groups is 1. The molecule has 32 heavy (non-hydrogen) atoms. The summed E-state index contributed by atoms with van der Waals surface area (Å²) in [6.07, 6.45) is 1.74. The molecule has 0 saturated carbocycles. The van der Waals surface area contributed by atoms with Crippen molar-refractivity contribution >= 4 is 28.1 Å². The van der Waals surface area contributed by atoms with E-state index in [-0.39, 0.29) is 11.7 Å². The Labute approximate surface area is 191 Å².